The number of esters is 2. The lowest BCUT2D eigenvalue weighted by Crippen LogP contribution is -2.55. The highest BCUT2D eigenvalue weighted by atomic mass is 16.6. The quantitative estimate of drug-likeness (QED) is 0.0297. The van der Waals surface area contributed by atoms with E-state index in [4.69, 9.17) is 14.2 Å². The molecule has 0 aliphatic rings. The van der Waals surface area contributed by atoms with Gasteiger partial charge in [-0.3, -0.25) is 9.59 Å². The molecule has 8 nitrogen and oxygen atoms in total. The van der Waals surface area contributed by atoms with E-state index in [0.717, 1.165) is 70.6 Å². The van der Waals surface area contributed by atoms with Crippen molar-refractivity contribution in [2.75, 3.05) is 41.0 Å². The van der Waals surface area contributed by atoms with Gasteiger partial charge < -0.3 is 28.6 Å². The highest BCUT2D eigenvalue weighted by Gasteiger charge is 2.25. The van der Waals surface area contributed by atoms with Crippen molar-refractivity contribution in [3.63, 3.8) is 0 Å². The van der Waals surface area contributed by atoms with Crippen molar-refractivity contribution in [2.24, 2.45) is 0 Å². The fourth-order valence-electron chi connectivity index (χ4n) is 4.80. The van der Waals surface area contributed by atoms with Crippen LogP contribution in [-0.4, -0.2) is 75.5 Å². The number of allylic oxidation sites excluding steroid dienone is 15. The molecule has 0 aliphatic carbocycles. The lowest BCUT2D eigenvalue weighted by molar-refractivity contribution is -0.889. The van der Waals surface area contributed by atoms with Gasteiger partial charge in [0.15, 0.2) is 6.10 Å². The normalized spacial score (nSPS) is 14.1. The van der Waals surface area contributed by atoms with Crippen LogP contribution < -0.4 is 5.11 Å². The zero-order chi connectivity index (χ0) is 38.5. The molecule has 0 saturated heterocycles. The molecule has 0 radical (unpaired) electrons. The Bertz CT molecular complexity index is 1170. The molecule has 0 amide bonds. The Hall–Kier alpha value is -3.75. The molecule has 0 aromatic heterocycles. The van der Waals surface area contributed by atoms with Gasteiger partial charge >= 0.3 is 11.9 Å². The van der Waals surface area contributed by atoms with E-state index < -0.39 is 24.1 Å². The average molecular weight is 724 g/mol. The SMILES string of the molecule is CC/C=C\C/C=C\C/C=C\C/C=C\C/C=C\CC(=O)OC(COCCC(C(=O)[O-])[N+](C)(C)C)COC(=O)CCCCC/C=C\C/C=C\C/C=C\CC. The van der Waals surface area contributed by atoms with Crippen LogP contribution in [0.3, 0.4) is 0 Å². The third kappa shape index (κ3) is 32.2. The fraction of sp³-hybridized carbons (Fsp3) is 0.568. The second kappa shape index (κ2) is 34.3. The molecule has 52 heavy (non-hydrogen) atoms. The zero-order valence-corrected chi connectivity index (χ0v) is 32.9. The number of carbonyl (C=O) groups excluding carboxylic acids is 3. The van der Waals surface area contributed by atoms with Crippen LogP contribution in [0.15, 0.2) is 97.2 Å². The molecule has 0 aromatic carbocycles. The Morgan fingerprint density at radius 3 is 1.56 bits per heavy atom. The highest BCUT2D eigenvalue weighted by molar-refractivity contribution is 5.71. The lowest BCUT2D eigenvalue weighted by Gasteiger charge is -2.34. The Kier molecular flexibility index (Phi) is 31.9. The summed E-state index contributed by atoms with van der Waals surface area (Å²) in [6.45, 7) is 4.25. The molecule has 0 saturated carbocycles. The minimum Gasteiger partial charge on any atom is -0.544 e. The molecule has 292 valence electrons. The summed E-state index contributed by atoms with van der Waals surface area (Å²) in [6, 6.07) is -0.750. The summed E-state index contributed by atoms with van der Waals surface area (Å²) in [4.78, 5) is 36.6. The van der Waals surface area contributed by atoms with Crippen LogP contribution in [0.2, 0.25) is 0 Å². The maximum atomic E-state index is 12.6. The summed E-state index contributed by atoms with van der Waals surface area (Å²) >= 11 is 0. The summed E-state index contributed by atoms with van der Waals surface area (Å²) in [5.41, 5.74) is 0. The first-order chi connectivity index (χ1) is 25.1. The minimum atomic E-state index is -1.15. The summed E-state index contributed by atoms with van der Waals surface area (Å²) < 4.78 is 16.9. The number of carboxylic acid groups (broad SMARTS) is 1. The van der Waals surface area contributed by atoms with Gasteiger partial charge in [0.1, 0.15) is 12.6 Å². The number of aliphatic carboxylic acids is 1. The Morgan fingerprint density at radius 2 is 1.08 bits per heavy atom. The molecule has 0 aromatic rings. The van der Waals surface area contributed by atoms with Crippen molar-refractivity contribution in [2.45, 2.75) is 122 Å². The second-order valence-electron chi connectivity index (χ2n) is 13.4. The highest BCUT2D eigenvalue weighted by Crippen LogP contribution is 2.10. The predicted octanol–water partition coefficient (Wildman–Crippen LogP) is 8.62. The molecular weight excluding hydrogens is 654 g/mol. The molecular formula is C44H69NO7. The number of ether oxygens (including phenoxy) is 3. The molecule has 0 rings (SSSR count). The maximum absolute atomic E-state index is 12.6. The first kappa shape index (κ1) is 48.2. The first-order valence-corrected chi connectivity index (χ1v) is 19.3. The molecule has 0 fully saturated rings. The van der Waals surface area contributed by atoms with E-state index in [2.05, 4.69) is 92.8 Å². The number of carboxylic acids is 1. The van der Waals surface area contributed by atoms with Crippen LogP contribution in [0.1, 0.15) is 110 Å². The van der Waals surface area contributed by atoms with Crippen LogP contribution in [0.4, 0.5) is 0 Å². The molecule has 2 unspecified atom stereocenters. The number of carbonyl (C=O) groups is 3. The standard InChI is InChI=1S/C44H69NO7/c1-6-8-10-12-14-16-18-20-21-23-25-27-29-31-33-35-43(47)52-40(38-50-37-36-41(44(48)49)45(3,4)5)39-51-42(46)34-32-30-28-26-24-22-19-17-15-13-11-9-7-2/h8-11,14-17,20-22,24-25,27,31,33,40-41H,6-7,12-13,18-19,23,26,28-30,32,34-39H2,1-5H3/b10-8-,11-9-,16-14-,17-15-,21-20-,24-22-,27-25-,33-31-. The van der Waals surface area contributed by atoms with Crippen molar-refractivity contribution in [1.82, 2.24) is 0 Å². The van der Waals surface area contributed by atoms with Gasteiger partial charge in [0.25, 0.3) is 0 Å². The van der Waals surface area contributed by atoms with Crippen LogP contribution in [0.5, 0.6) is 0 Å². The van der Waals surface area contributed by atoms with Gasteiger partial charge in [-0.2, -0.15) is 0 Å². The molecule has 0 spiro atoms. The summed E-state index contributed by atoms with van der Waals surface area (Å²) in [6.07, 6.45) is 44.7. The van der Waals surface area contributed by atoms with Crippen molar-refractivity contribution in [3.05, 3.63) is 97.2 Å². The minimum absolute atomic E-state index is 0.0153. The van der Waals surface area contributed by atoms with Crippen LogP contribution in [-0.2, 0) is 28.6 Å². The second-order valence-corrected chi connectivity index (χ2v) is 13.4. The smallest absolute Gasteiger partial charge is 0.310 e. The topological polar surface area (TPSA) is 102 Å². The monoisotopic (exact) mass is 724 g/mol. The van der Waals surface area contributed by atoms with E-state index in [0.29, 0.717) is 6.42 Å². The predicted molar refractivity (Wildman–Crippen MR) is 212 cm³/mol. The van der Waals surface area contributed by atoms with E-state index in [9.17, 15) is 19.5 Å². The molecule has 0 bridgehead atoms. The summed E-state index contributed by atoms with van der Waals surface area (Å²) in [5, 5.41) is 11.6. The number of quaternary nitrogens is 1. The Balaban J connectivity index is 4.64. The fourth-order valence-corrected chi connectivity index (χ4v) is 4.80. The van der Waals surface area contributed by atoms with Crippen LogP contribution >= 0.6 is 0 Å². The van der Waals surface area contributed by atoms with E-state index in [-0.39, 0.29) is 49.5 Å². The van der Waals surface area contributed by atoms with Crippen LogP contribution in [0, 0.1) is 0 Å². The van der Waals surface area contributed by atoms with Crippen molar-refractivity contribution < 1.29 is 38.2 Å². The largest absolute Gasteiger partial charge is 0.544 e. The maximum Gasteiger partial charge on any atom is 0.310 e. The van der Waals surface area contributed by atoms with Gasteiger partial charge in [-0.05, 0) is 70.6 Å². The summed E-state index contributed by atoms with van der Waals surface area (Å²) in [5.74, 6) is -1.95. The number of nitrogens with zero attached hydrogens (tertiary/aromatic N) is 1. The number of rotatable bonds is 32. The van der Waals surface area contributed by atoms with Gasteiger partial charge in [0, 0.05) is 12.8 Å². The molecule has 0 heterocycles. The Labute approximate surface area is 316 Å². The van der Waals surface area contributed by atoms with Gasteiger partial charge in [-0.1, -0.05) is 117 Å². The van der Waals surface area contributed by atoms with Gasteiger partial charge in [0.2, 0.25) is 0 Å². The zero-order valence-electron chi connectivity index (χ0n) is 32.9. The van der Waals surface area contributed by atoms with Crippen molar-refractivity contribution in [1.29, 1.82) is 0 Å². The number of hydrogen-bond donors (Lipinski definition) is 0. The number of unbranched alkanes of at least 4 members (excludes halogenated alkanes) is 3. The molecule has 8 heteroatoms. The van der Waals surface area contributed by atoms with Gasteiger partial charge in [0.05, 0.1) is 46.7 Å². The summed E-state index contributed by atoms with van der Waals surface area (Å²) in [7, 11) is 5.34. The lowest BCUT2D eigenvalue weighted by atomic mass is 10.1. The molecule has 0 N–H and O–H groups in total. The van der Waals surface area contributed by atoms with E-state index >= 15 is 0 Å². The van der Waals surface area contributed by atoms with E-state index in [1.807, 2.05) is 12.2 Å². The molecule has 0 aliphatic heterocycles. The average Bonchev–Trinajstić information content (AvgIpc) is 3.09. The third-order valence-electron chi connectivity index (χ3n) is 7.75. The van der Waals surface area contributed by atoms with Gasteiger partial charge in [-0.25, -0.2) is 0 Å². The first-order valence-electron chi connectivity index (χ1n) is 19.3. The van der Waals surface area contributed by atoms with Crippen molar-refractivity contribution >= 4 is 17.9 Å². The Morgan fingerprint density at radius 1 is 0.596 bits per heavy atom. The van der Waals surface area contributed by atoms with E-state index in [1.165, 1.54) is 0 Å². The number of hydrogen-bond acceptors (Lipinski definition) is 7. The van der Waals surface area contributed by atoms with E-state index in [1.54, 1.807) is 27.2 Å². The molecule has 2 atom stereocenters. The third-order valence-corrected chi connectivity index (χ3v) is 7.75. The van der Waals surface area contributed by atoms with Crippen LogP contribution in [0.25, 0.3) is 0 Å². The van der Waals surface area contributed by atoms with Crippen molar-refractivity contribution in [3.8, 4) is 0 Å². The van der Waals surface area contributed by atoms with Gasteiger partial charge in [-0.15, -0.1) is 0 Å². The number of likely N-dealkylation sites (N-methyl/N-ethyl adjacent to an activating group) is 1.